The molecule has 2 aromatic rings. The third-order valence-corrected chi connectivity index (χ3v) is 6.10. The highest BCUT2D eigenvalue weighted by Gasteiger charge is 2.27. The van der Waals surface area contributed by atoms with Crippen LogP contribution in [0.1, 0.15) is 42.7 Å². The standard InChI is InChI=1S/C24H29N3O3/c25-20-5-1-17(2-6-20)15-27-13-11-18(12-14-27)16-30-21-7-3-19(4-8-21)22-9-10-23(28)26-24(22)29/h1-8,18,22H,9-16,25H2,(H,26,28,29). The number of carbonyl (C=O) groups is 2. The summed E-state index contributed by atoms with van der Waals surface area (Å²) >= 11 is 0. The van der Waals surface area contributed by atoms with Crippen molar-refractivity contribution in [3.8, 4) is 5.75 Å². The van der Waals surface area contributed by atoms with E-state index in [1.54, 1.807) is 0 Å². The molecule has 4 rings (SSSR count). The fourth-order valence-electron chi connectivity index (χ4n) is 4.21. The van der Waals surface area contributed by atoms with Crippen molar-refractivity contribution in [2.45, 2.75) is 38.1 Å². The largest absolute Gasteiger partial charge is 0.493 e. The van der Waals surface area contributed by atoms with Gasteiger partial charge in [-0.05, 0) is 73.7 Å². The Balaban J connectivity index is 1.21. The fourth-order valence-corrected chi connectivity index (χ4v) is 4.21. The zero-order valence-electron chi connectivity index (χ0n) is 17.2. The lowest BCUT2D eigenvalue weighted by atomic mass is 9.90. The molecule has 30 heavy (non-hydrogen) atoms. The van der Waals surface area contributed by atoms with Gasteiger partial charge in [-0.15, -0.1) is 0 Å². The molecule has 0 saturated carbocycles. The van der Waals surface area contributed by atoms with E-state index in [2.05, 4.69) is 22.3 Å². The summed E-state index contributed by atoms with van der Waals surface area (Å²) in [5, 5.41) is 2.41. The molecule has 2 saturated heterocycles. The molecule has 3 N–H and O–H groups in total. The maximum atomic E-state index is 12.0. The van der Waals surface area contributed by atoms with Crippen LogP contribution in [0.15, 0.2) is 48.5 Å². The van der Waals surface area contributed by atoms with E-state index in [1.165, 1.54) is 5.56 Å². The molecule has 2 aliphatic heterocycles. The lowest BCUT2D eigenvalue weighted by molar-refractivity contribution is -0.134. The van der Waals surface area contributed by atoms with Gasteiger partial charge in [0.2, 0.25) is 11.8 Å². The molecule has 0 bridgehead atoms. The predicted octanol–water partition coefficient (Wildman–Crippen LogP) is 3.08. The maximum Gasteiger partial charge on any atom is 0.234 e. The number of ether oxygens (including phenoxy) is 1. The number of amides is 2. The minimum absolute atomic E-state index is 0.185. The summed E-state index contributed by atoms with van der Waals surface area (Å²) in [5.41, 5.74) is 8.80. The van der Waals surface area contributed by atoms with Gasteiger partial charge in [0.25, 0.3) is 0 Å². The lowest BCUT2D eigenvalue weighted by Crippen LogP contribution is -2.39. The Labute approximate surface area is 177 Å². The van der Waals surface area contributed by atoms with Crippen molar-refractivity contribution in [3.05, 3.63) is 59.7 Å². The van der Waals surface area contributed by atoms with E-state index in [-0.39, 0.29) is 17.7 Å². The fraction of sp³-hybridized carbons (Fsp3) is 0.417. The van der Waals surface area contributed by atoms with Crippen LogP contribution in [0.25, 0.3) is 0 Å². The van der Waals surface area contributed by atoms with Gasteiger partial charge in [-0.3, -0.25) is 19.8 Å². The van der Waals surface area contributed by atoms with E-state index in [1.807, 2.05) is 36.4 Å². The van der Waals surface area contributed by atoms with E-state index in [0.717, 1.165) is 49.5 Å². The summed E-state index contributed by atoms with van der Waals surface area (Å²) < 4.78 is 6.01. The normalized spacial score (nSPS) is 20.7. The molecule has 2 heterocycles. The number of carbonyl (C=O) groups excluding carboxylic acids is 2. The first-order valence-electron chi connectivity index (χ1n) is 10.7. The Hall–Kier alpha value is -2.86. The number of hydrogen-bond acceptors (Lipinski definition) is 5. The Morgan fingerprint density at radius 3 is 2.33 bits per heavy atom. The van der Waals surface area contributed by atoms with Crippen LogP contribution in [0.2, 0.25) is 0 Å². The zero-order valence-corrected chi connectivity index (χ0v) is 17.2. The molecule has 0 aromatic heterocycles. The van der Waals surface area contributed by atoms with Crippen molar-refractivity contribution in [3.63, 3.8) is 0 Å². The summed E-state index contributed by atoms with van der Waals surface area (Å²) in [4.78, 5) is 25.8. The maximum absolute atomic E-state index is 12.0. The van der Waals surface area contributed by atoms with Crippen LogP contribution in [0.4, 0.5) is 5.69 Å². The number of likely N-dealkylation sites (tertiary alicyclic amines) is 1. The molecular weight excluding hydrogens is 378 g/mol. The predicted molar refractivity (Wildman–Crippen MR) is 116 cm³/mol. The van der Waals surface area contributed by atoms with Crippen molar-refractivity contribution in [2.75, 3.05) is 25.4 Å². The molecule has 1 unspecified atom stereocenters. The molecule has 1 atom stereocenters. The Bertz CT molecular complexity index is 872. The number of benzene rings is 2. The third-order valence-electron chi connectivity index (χ3n) is 6.10. The third kappa shape index (κ3) is 5.19. The molecule has 2 fully saturated rings. The number of nitrogen functional groups attached to an aromatic ring is 1. The summed E-state index contributed by atoms with van der Waals surface area (Å²) in [6.07, 6.45) is 3.22. The number of nitrogens with zero attached hydrogens (tertiary/aromatic N) is 1. The number of piperidine rings is 2. The number of rotatable bonds is 6. The second-order valence-corrected chi connectivity index (χ2v) is 8.34. The minimum atomic E-state index is -0.248. The number of hydrogen-bond donors (Lipinski definition) is 2. The summed E-state index contributed by atoms with van der Waals surface area (Å²) in [7, 11) is 0. The first-order chi connectivity index (χ1) is 14.6. The van der Waals surface area contributed by atoms with E-state index >= 15 is 0 Å². The SMILES string of the molecule is Nc1ccc(CN2CCC(COc3ccc(C4CCC(=O)NC4=O)cc3)CC2)cc1. The van der Waals surface area contributed by atoms with Crippen molar-refractivity contribution in [1.29, 1.82) is 0 Å². The van der Waals surface area contributed by atoms with E-state index < -0.39 is 0 Å². The van der Waals surface area contributed by atoms with Gasteiger partial charge in [0.05, 0.1) is 12.5 Å². The first kappa shape index (κ1) is 20.4. The summed E-state index contributed by atoms with van der Waals surface area (Å²) in [6.45, 7) is 3.84. The quantitative estimate of drug-likeness (QED) is 0.568. The van der Waals surface area contributed by atoms with Gasteiger partial charge in [-0.1, -0.05) is 24.3 Å². The molecule has 2 aromatic carbocycles. The van der Waals surface area contributed by atoms with Gasteiger partial charge in [0.15, 0.2) is 0 Å². The van der Waals surface area contributed by atoms with Crippen LogP contribution in [0.5, 0.6) is 5.75 Å². The zero-order chi connectivity index (χ0) is 20.9. The van der Waals surface area contributed by atoms with E-state index in [0.29, 0.717) is 25.4 Å². The van der Waals surface area contributed by atoms with Crippen molar-refractivity contribution >= 4 is 17.5 Å². The monoisotopic (exact) mass is 407 g/mol. The van der Waals surface area contributed by atoms with Gasteiger partial charge in [-0.25, -0.2) is 0 Å². The Morgan fingerprint density at radius 1 is 0.967 bits per heavy atom. The molecule has 2 aliphatic rings. The number of anilines is 1. The minimum Gasteiger partial charge on any atom is -0.493 e. The van der Waals surface area contributed by atoms with Gasteiger partial charge in [0, 0.05) is 18.7 Å². The number of nitrogens with one attached hydrogen (secondary N) is 1. The molecule has 158 valence electrons. The van der Waals surface area contributed by atoms with E-state index in [9.17, 15) is 9.59 Å². The highest BCUT2D eigenvalue weighted by Crippen LogP contribution is 2.27. The Kier molecular flexibility index (Phi) is 6.33. The molecule has 0 radical (unpaired) electrons. The second-order valence-electron chi connectivity index (χ2n) is 8.34. The molecular formula is C24H29N3O3. The smallest absolute Gasteiger partial charge is 0.234 e. The molecule has 0 spiro atoms. The van der Waals surface area contributed by atoms with Crippen molar-refractivity contribution in [1.82, 2.24) is 10.2 Å². The molecule has 0 aliphatic carbocycles. The lowest BCUT2D eigenvalue weighted by Gasteiger charge is -2.31. The number of nitrogens with two attached hydrogens (primary N) is 1. The first-order valence-corrected chi connectivity index (χ1v) is 10.7. The number of imide groups is 1. The van der Waals surface area contributed by atoms with Crippen LogP contribution in [0.3, 0.4) is 0 Å². The van der Waals surface area contributed by atoms with Gasteiger partial charge in [-0.2, -0.15) is 0 Å². The van der Waals surface area contributed by atoms with Crippen LogP contribution < -0.4 is 15.8 Å². The van der Waals surface area contributed by atoms with Gasteiger partial charge in [0.1, 0.15) is 5.75 Å². The highest BCUT2D eigenvalue weighted by molar-refractivity contribution is 6.00. The average molecular weight is 408 g/mol. The second kappa shape index (κ2) is 9.30. The Morgan fingerprint density at radius 2 is 1.67 bits per heavy atom. The van der Waals surface area contributed by atoms with Crippen molar-refractivity contribution < 1.29 is 14.3 Å². The van der Waals surface area contributed by atoms with Crippen LogP contribution in [0, 0.1) is 5.92 Å². The highest BCUT2D eigenvalue weighted by atomic mass is 16.5. The molecule has 6 nitrogen and oxygen atoms in total. The van der Waals surface area contributed by atoms with Crippen LogP contribution in [-0.2, 0) is 16.1 Å². The van der Waals surface area contributed by atoms with Gasteiger partial charge >= 0.3 is 0 Å². The summed E-state index contributed by atoms with van der Waals surface area (Å²) in [5.74, 6) is 0.751. The topological polar surface area (TPSA) is 84.7 Å². The van der Waals surface area contributed by atoms with Crippen LogP contribution in [-0.4, -0.2) is 36.4 Å². The summed E-state index contributed by atoms with van der Waals surface area (Å²) in [6, 6.07) is 15.8. The van der Waals surface area contributed by atoms with E-state index in [4.69, 9.17) is 10.5 Å². The average Bonchev–Trinajstić information content (AvgIpc) is 2.75. The molecule has 6 heteroatoms. The van der Waals surface area contributed by atoms with Crippen LogP contribution >= 0.6 is 0 Å². The molecule has 2 amide bonds. The van der Waals surface area contributed by atoms with Gasteiger partial charge < -0.3 is 10.5 Å². The van der Waals surface area contributed by atoms with Crippen molar-refractivity contribution in [2.24, 2.45) is 5.92 Å².